The Morgan fingerprint density at radius 1 is 1.14 bits per heavy atom. The summed E-state index contributed by atoms with van der Waals surface area (Å²) in [6, 6.07) is 8.85. The Bertz CT molecular complexity index is 528. The maximum Gasteiger partial charge on any atom is 0.329 e. The van der Waals surface area contributed by atoms with Crippen molar-refractivity contribution in [3.05, 3.63) is 35.9 Å². The van der Waals surface area contributed by atoms with E-state index in [0.717, 1.165) is 0 Å². The van der Waals surface area contributed by atoms with Crippen molar-refractivity contribution in [2.45, 2.75) is 19.4 Å². The minimum absolute atomic E-state index is 0.0476. The lowest BCUT2D eigenvalue weighted by molar-refractivity contribution is -0.154. The number of ketones is 1. The van der Waals surface area contributed by atoms with Crippen molar-refractivity contribution in [3.8, 4) is 0 Å². The Kier molecular flexibility index (Phi) is 5.96. The van der Waals surface area contributed by atoms with Crippen molar-refractivity contribution in [3.63, 3.8) is 0 Å². The van der Waals surface area contributed by atoms with Gasteiger partial charge in [-0.05, 0) is 13.8 Å². The molecule has 1 aromatic carbocycles. The Balaban J connectivity index is 2.47. The second kappa shape index (κ2) is 7.26. The van der Waals surface area contributed by atoms with Crippen molar-refractivity contribution >= 4 is 29.4 Å². The zero-order chi connectivity index (χ0) is 16.0. The van der Waals surface area contributed by atoms with Crippen LogP contribution in [0.4, 0.5) is 0 Å². The molecule has 0 heterocycles. The van der Waals surface area contributed by atoms with Crippen molar-refractivity contribution in [2.75, 3.05) is 18.6 Å². The molecule has 0 spiro atoms. The first kappa shape index (κ1) is 17.2. The zero-order valence-corrected chi connectivity index (χ0v) is 13.1. The van der Waals surface area contributed by atoms with Crippen LogP contribution in [0.15, 0.2) is 30.3 Å². The summed E-state index contributed by atoms with van der Waals surface area (Å²) in [4.78, 5) is 36.1. The second-order valence-corrected chi connectivity index (χ2v) is 6.08. The highest BCUT2D eigenvalue weighted by atomic mass is 32.2. The van der Waals surface area contributed by atoms with Crippen LogP contribution in [-0.2, 0) is 9.59 Å². The van der Waals surface area contributed by atoms with Crippen molar-refractivity contribution in [1.82, 2.24) is 4.90 Å². The number of thioether (sulfide) groups is 1. The fourth-order valence-corrected chi connectivity index (χ4v) is 2.31. The number of carboxylic acids is 1. The number of amides is 1. The van der Waals surface area contributed by atoms with Gasteiger partial charge in [0.15, 0.2) is 5.78 Å². The van der Waals surface area contributed by atoms with Gasteiger partial charge in [-0.15, -0.1) is 11.8 Å². The fourth-order valence-electron chi connectivity index (χ4n) is 1.49. The normalized spacial score (nSPS) is 11.0. The predicted molar refractivity (Wildman–Crippen MR) is 82.6 cm³/mol. The van der Waals surface area contributed by atoms with Gasteiger partial charge >= 0.3 is 5.97 Å². The van der Waals surface area contributed by atoms with Gasteiger partial charge in [0, 0.05) is 12.6 Å². The third-order valence-corrected chi connectivity index (χ3v) is 4.21. The standard InChI is InChI=1S/C15H19NO4S/c1-15(2,14(19)20)16(3)13(18)10-21-9-12(17)11-7-5-4-6-8-11/h4-8H,9-10H2,1-3H3,(H,19,20). The quantitative estimate of drug-likeness (QED) is 0.779. The molecular formula is C15H19NO4S. The first-order chi connectivity index (χ1) is 9.76. The Morgan fingerprint density at radius 3 is 2.24 bits per heavy atom. The van der Waals surface area contributed by atoms with Crippen LogP contribution in [-0.4, -0.2) is 51.8 Å². The molecule has 0 fully saturated rings. The molecule has 0 aromatic heterocycles. The van der Waals surface area contributed by atoms with E-state index in [0.29, 0.717) is 5.56 Å². The van der Waals surface area contributed by atoms with Crippen LogP contribution in [0.2, 0.25) is 0 Å². The highest BCUT2D eigenvalue weighted by Gasteiger charge is 2.34. The summed E-state index contributed by atoms with van der Waals surface area (Å²) >= 11 is 1.19. The number of carboxylic acid groups (broad SMARTS) is 1. The number of Topliss-reactive ketones (excluding diaryl/α,β-unsaturated/α-hetero) is 1. The summed E-state index contributed by atoms with van der Waals surface area (Å²) in [5, 5.41) is 9.07. The van der Waals surface area contributed by atoms with E-state index < -0.39 is 11.5 Å². The van der Waals surface area contributed by atoms with Gasteiger partial charge in [-0.3, -0.25) is 9.59 Å². The van der Waals surface area contributed by atoms with Crippen molar-refractivity contribution in [1.29, 1.82) is 0 Å². The molecule has 6 heteroatoms. The van der Waals surface area contributed by atoms with E-state index in [9.17, 15) is 14.4 Å². The molecule has 21 heavy (non-hydrogen) atoms. The van der Waals surface area contributed by atoms with Gasteiger partial charge in [0.1, 0.15) is 5.54 Å². The molecule has 0 bridgehead atoms. The topological polar surface area (TPSA) is 74.7 Å². The molecular weight excluding hydrogens is 290 g/mol. The molecule has 114 valence electrons. The van der Waals surface area contributed by atoms with E-state index in [2.05, 4.69) is 0 Å². The minimum Gasteiger partial charge on any atom is -0.480 e. The number of nitrogens with zero attached hydrogens (tertiary/aromatic N) is 1. The number of hydrogen-bond donors (Lipinski definition) is 1. The summed E-state index contributed by atoms with van der Waals surface area (Å²) in [5.74, 6) is -1.16. The largest absolute Gasteiger partial charge is 0.480 e. The molecule has 0 atom stereocenters. The first-order valence-electron chi connectivity index (χ1n) is 6.43. The third kappa shape index (κ3) is 4.60. The van der Waals surface area contributed by atoms with Crippen LogP contribution in [0, 0.1) is 0 Å². The van der Waals surface area contributed by atoms with Crippen LogP contribution in [0.5, 0.6) is 0 Å². The molecule has 0 radical (unpaired) electrons. The number of benzene rings is 1. The van der Waals surface area contributed by atoms with E-state index in [1.54, 1.807) is 24.3 Å². The summed E-state index contributed by atoms with van der Waals surface area (Å²) in [6.07, 6.45) is 0. The van der Waals surface area contributed by atoms with Gasteiger partial charge in [0.25, 0.3) is 0 Å². The number of rotatable bonds is 7. The highest BCUT2D eigenvalue weighted by molar-refractivity contribution is 8.00. The van der Waals surface area contributed by atoms with Crippen LogP contribution in [0.1, 0.15) is 24.2 Å². The molecule has 0 saturated carbocycles. The minimum atomic E-state index is -1.26. The first-order valence-corrected chi connectivity index (χ1v) is 7.58. The number of hydrogen-bond acceptors (Lipinski definition) is 4. The molecule has 1 N–H and O–H groups in total. The lowest BCUT2D eigenvalue weighted by atomic mass is 10.0. The molecule has 0 aliphatic heterocycles. The van der Waals surface area contributed by atoms with Gasteiger partial charge < -0.3 is 10.0 Å². The van der Waals surface area contributed by atoms with Gasteiger partial charge in [0.2, 0.25) is 5.91 Å². The average molecular weight is 309 g/mol. The monoisotopic (exact) mass is 309 g/mol. The maximum absolute atomic E-state index is 11.9. The van der Waals surface area contributed by atoms with Crippen LogP contribution < -0.4 is 0 Å². The molecule has 5 nitrogen and oxygen atoms in total. The fraction of sp³-hybridized carbons (Fsp3) is 0.400. The number of carbonyl (C=O) groups excluding carboxylic acids is 2. The van der Waals surface area contributed by atoms with Crippen molar-refractivity contribution in [2.24, 2.45) is 0 Å². The summed E-state index contributed by atoms with van der Waals surface area (Å²) < 4.78 is 0. The lowest BCUT2D eigenvalue weighted by Gasteiger charge is -2.31. The van der Waals surface area contributed by atoms with Crippen molar-refractivity contribution < 1.29 is 19.5 Å². The van der Waals surface area contributed by atoms with Gasteiger partial charge in [-0.25, -0.2) is 4.79 Å². The number of likely N-dealkylation sites (N-methyl/N-ethyl adjacent to an activating group) is 1. The highest BCUT2D eigenvalue weighted by Crippen LogP contribution is 2.15. The summed E-state index contributed by atoms with van der Waals surface area (Å²) in [6.45, 7) is 2.93. The molecule has 0 saturated heterocycles. The number of aliphatic carboxylic acids is 1. The van der Waals surface area contributed by atoms with E-state index in [4.69, 9.17) is 5.11 Å². The Morgan fingerprint density at radius 2 is 1.71 bits per heavy atom. The second-order valence-electron chi connectivity index (χ2n) is 5.10. The molecule has 1 rings (SSSR count). The number of carbonyl (C=O) groups is 3. The zero-order valence-electron chi connectivity index (χ0n) is 12.3. The van der Waals surface area contributed by atoms with E-state index in [-0.39, 0.29) is 23.2 Å². The van der Waals surface area contributed by atoms with Crippen LogP contribution in [0.25, 0.3) is 0 Å². The molecule has 0 unspecified atom stereocenters. The molecule has 1 aromatic rings. The summed E-state index contributed by atoms with van der Waals surface area (Å²) in [7, 11) is 1.45. The van der Waals surface area contributed by atoms with E-state index in [1.165, 1.54) is 37.6 Å². The molecule has 0 aliphatic carbocycles. The Hall–Kier alpha value is -1.82. The van der Waals surface area contributed by atoms with Gasteiger partial charge in [-0.1, -0.05) is 30.3 Å². The van der Waals surface area contributed by atoms with Gasteiger partial charge in [0.05, 0.1) is 11.5 Å². The average Bonchev–Trinajstić information content (AvgIpc) is 2.46. The molecule has 0 aliphatic rings. The van der Waals surface area contributed by atoms with Gasteiger partial charge in [-0.2, -0.15) is 0 Å². The van der Waals surface area contributed by atoms with E-state index in [1.807, 2.05) is 6.07 Å². The Labute approximate surface area is 128 Å². The third-order valence-electron chi connectivity index (χ3n) is 3.29. The predicted octanol–water partition coefficient (Wildman–Crippen LogP) is 1.92. The van der Waals surface area contributed by atoms with E-state index >= 15 is 0 Å². The van der Waals surface area contributed by atoms with Crippen LogP contribution in [0.3, 0.4) is 0 Å². The SMILES string of the molecule is CN(C(=O)CSCC(=O)c1ccccc1)C(C)(C)C(=O)O. The molecule has 1 amide bonds. The lowest BCUT2D eigenvalue weighted by Crippen LogP contribution is -2.51. The summed E-state index contributed by atoms with van der Waals surface area (Å²) in [5.41, 5.74) is -0.655. The smallest absolute Gasteiger partial charge is 0.329 e. The van der Waals surface area contributed by atoms with Crippen LogP contribution >= 0.6 is 11.8 Å². The maximum atomic E-state index is 11.9.